The number of amides is 1. The molecule has 2 atom stereocenters. The lowest BCUT2D eigenvalue weighted by atomic mass is 9.92. The average Bonchev–Trinajstić information content (AvgIpc) is 3.49. The molecule has 2 aromatic rings. The summed E-state index contributed by atoms with van der Waals surface area (Å²) in [6.45, 7) is 1.06. The second kappa shape index (κ2) is 8.55. The smallest absolute Gasteiger partial charge is 0.308 e. The molecule has 6 nitrogen and oxygen atoms in total. The van der Waals surface area contributed by atoms with Crippen molar-refractivity contribution in [1.82, 2.24) is 4.90 Å². The van der Waals surface area contributed by atoms with E-state index in [1.54, 1.807) is 11.0 Å². The molecule has 4 rings (SSSR count). The fourth-order valence-corrected chi connectivity index (χ4v) is 3.95. The highest BCUT2D eigenvalue weighted by Crippen LogP contribution is 2.44. The number of nitrogens with zero attached hydrogens (tertiary/aromatic N) is 1. The number of benzene rings is 2. The monoisotopic (exact) mass is 395 g/mol. The molecule has 0 spiro atoms. The standard InChI is InChI=1S/C23H25NO5/c25-22(24-12-18(17-10-11-17)19(13-24)23(26)27)15-29-21-9-5-4-8-20(21)28-14-16-6-2-1-3-7-16/h1-9,17-19H,10-15H2,(H,26,27)/t18-,19+/m1/s1. The number of likely N-dealkylation sites (tertiary alicyclic amines) is 1. The lowest BCUT2D eigenvalue weighted by Gasteiger charge is -2.18. The fourth-order valence-electron chi connectivity index (χ4n) is 3.95. The number of hydrogen-bond acceptors (Lipinski definition) is 4. The Morgan fingerprint density at radius 3 is 2.24 bits per heavy atom. The summed E-state index contributed by atoms with van der Waals surface area (Å²) in [4.78, 5) is 25.8. The third-order valence-electron chi connectivity index (χ3n) is 5.70. The highest BCUT2D eigenvalue weighted by atomic mass is 16.5. The van der Waals surface area contributed by atoms with Gasteiger partial charge in [-0.2, -0.15) is 0 Å². The SMILES string of the molecule is O=C(O)[C@H]1CN(C(=O)COc2ccccc2OCc2ccccc2)C[C@@H]1C1CC1. The molecule has 152 valence electrons. The van der Waals surface area contributed by atoms with Crippen LogP contribution in [0.1, 0.15) is 18.4 Å². The van der Waals surface area contributed by atoms with Gasteiger partial charge in [-0.3, -0.25) is 9.59 Å². The maximum atomic E-state index is 12.6. The van der Waals surface area contributed by atoms with Crippen molar-refractivity contribution in [1.29, 1.82) is 0 Å². The largest absolute Gasteiger partial charge is 0.485 e. The van der Waals surface area contributed by atoms with Crippen LogP contribution in [0, 0.1) is 17.8 Å². The molecule has 0 aromatic heterocycles. The maximum Gasteiger partial charge on any atom is 0.308 e. The second-order valence-corrected chi connectivity index (χ2v) is 7.75. The van der Waals surface area contributed by atoms with Gasteiger partial charge in [0.15, 0.2) is 18.1 Å². The summed E-state index contributed by atoms with van der Waals surface area (Å²) in [5.74, 6) is 0.136. The fraction of sp³-hybridized carbons (Fsp3) is 0.391. The van der Waals surface area contributed by atoms with Gasteiger partial charge in [-0.25, -0.2) is 0 Å². The first kappa shape index (κ1) is 19.3. The lowest BCUT2D eigenvalue weighted by molar-refractivity contribution is -0.142. The molecular formula is C23H25NO5. The van der Waals surface area contributed by atoms with Gasteiger partial charge in [0, 0.05) is 13.1 Å². The number of para-hydroxylation sites is 2. The Hall–Kier alpha value is -3.02. The van der Waals surface area contributed by atoms with Crippen LogP contribution in [0.4, 0.5) is 0 Å². The summed E-state index contributed by atoms with van der Waals surface area (Å²) in [5.41, 5.74) is 1.04. The Kier molecular flexibility index (Phi) is 5.69. The van der Waals surface area contributed by atoms with Gasteiger partial charge in [-0.15, -0.1) is 0 Å². The molecule has 1 aliphatic carbocycles. The lowest BCUT2D eigenvalue weighted by Crippen LogP contribution is -2.34. The summed E-state index contributed by atoms with van der Waals surface area (Å²) in [5, 5.41) is 9.47. The van der Waals surface area contributed by atoms with Crippen molar-refractivity contribution >= 4 is 11.9 Å². The molecular weight excluding hydrogens is 370 g/mol. The van der Waals surface area contributed by atoms with Gasteiger partial charge in [-0.05, 0) is 42.4 Å². The van der Waals surface area contributed by atoms with Crippen molar-refractivity contribution in [3.05, 3.63) is 60.2 Å². The Morgan fingerprint density at radius 1 is 0.931 bits per heavy atom. The van der Waals surface area contributed by atoms with Gasteiger partial charge >= 0.3 is 5.97 Å². The summed E-state index contributed by atoms with van der Waals surface area (Å²) in [6.07, 6.45) is 2.14. The first-order chi connectivity index (χ1) is 14.1. The number of carbonyl (C=O) groups excluding carboxylic acids is 1. The van der Waals surface area contributed by atoms with Crippen molar-refractivity contribution in [2.45, 2.75) is 19.4 Å². The molecule has 0 radical (unpaired) electrons. The summed E-state index contributed by atoms with van der Waals surface area (Å²) in [7, 11) is 0. The van der Waals surface area contributed by atoms with Crippen LogP contribution in [0.3, 0.4) is 0 Å². The predicted octanol–water partition coefficient (Wildman–Crippen LogP) is 3.21. The highest BCUT2D eigenvalue weighted by Gasteiger charge is 2.46. The van der Waals surface area contributed by atoms with E-state index in [-0.39, 0.29) is 25.0 Å². The molecule has 0 bridgehead atoms. The Morgan fingerprint density at radius 2 is 1.59 bits per heavy atom. The zero-order valence-electron chi connectivity index (χ0n) is 16.2. The first-order valence-corrected chi connectivity index (χ1v) is 10.0. The Labute approximate surface area is 170 Å². The number of hydrogen-bond donors (Lipinski definition) is 1. The number of ether oxygens (including phenoxy) is 2. The molecule has 2 aliphatic rings. The normalized spacial score (nSPS) is 21.0. The predicted molar refractivity (Wildman–Crippen MR) is 107 cm³/mol. The molecule has 1 aliphatic heterocycles. The van der Waals surface area contributed by atoms with Crippen LogP contribution in [0.2, 0.25) is 0 Å². The van der Waals surface area contributed by atoms with Gasteiger partial charge in [0.25, 0.3) is 5.91 Å². The average molecular weight is 395 g/mol. The molecule has 1 saturated heterocycles. The van der Waals surface area contributed by atoms with E-state index in [0.717, 1.165) is 18.4 Å². The minimum absolute atomic E-state index is 0.0675. The molecule has 6 heteroatoms. The van der Waals surface area contributed by atoms with Gasteiger partial charge in [0.2, 0.25) is 0 Å². The van der Waals surface area contributed by atoms with Crippen LogP contribution in [-0.4, -0.2) is 41.6 Å². The third-order valence-corrected chi connectivity index (χ3v) is 5.70. The van der Waals surface area contributed by atoms with Crippen molar-refractivity contribution in [2.24, 2.45) is 17.8 Å². The van der Waals surface area contributed by atoms with Gasteiger partial charge in [0.1, 0.15) is 6.61 Å². The van der Waals surface area contributed by atoms with Crippen molar-refractivity contribution in [2.75, 3.05) is 19.7 Å². The number of carbonyl (C=O) groups is 2. The van der Waals surface area contributed by atoms with Crippen molar-refractivity contribution < 1.29 is 24.2 Å². The molecule has 1 heterocycles. The van der Waals surface area contributed by atoms with Crippen LogP contribution < -0.4 is 9.47 Å². The van der Waals surface area contributed by atoms with Gasteiger partial charge in [-0.1, -0.05) is 42.5 Å². The van der Waals surface area contributed by atoms with E-state index in [4.69, 9.17) is 9.47 Å². The van der Waals surface area contributed by atoms with Crippen LogP contribution in [0.15, 0.2) is 54.6 Å². The molecule has 1 N–H and O–H groups in total. The first-order valence-electron chi connectivity index (χ1n) is 10.0. The Bertz CT molecular complexity index is 865. The Balaban J connectivity index is 1.34. The second-order valence-electron chi connectivity index (χ2n) is 7.75. The topological polar surface area (TPSA) is 76.1 Å². The summed E-state index contributed by atoms with van der Waals surface area (Å²) in [6, 6.07) is 17.1. The summed E-state index contributed by atoms with van der Waals surface area (Å²) < 4.78 is 11.6. The molecule has 2 aromatic carbocycles. The van der Waals surface area contributed by atoms with Crippen LogP contribution in [-0.2, 0) is 16.2 Å². The van der Waals surface area contributed by atoms with Crippen LogP contribution in [0.25, 0.3) is 0 Å². The van der Waals surface area contributed by atoms with Crippen molar-refractivity contribution in [3.63, 3.8) is 0 Å². The molecule has 29 heavy (non-hydrogen) atoms. The zero-order valence-corrected chi connectivity index (χ0v) is 16.2. The molecule has 1 saturated carbocycles. The van der Waals surface area contributed by atoms with E-state index in [9.17, 15) is 14.7 Å². The van der Waals surface area contributed by atoms with E-state index in [1.807, 2.05) is 48.5 Å². The van der Waals surface area contributed by atoms with Gasteiger partial charge < -0.3 is 19.5 Å². The van der Waals surface area contributed by atoms with Crippen LogP contribution >= 0.6 is 0 Å². The van der Waals surface area contributed by atoms with E-state index in [1.165, 1.54) is 0 Å². The van der Waals surface area contributed by atoms with Crippen LogP contribution in [0.5, 0.6) is 11.5 Å². The molecule has 1 amide bonds. The van der Waals surface area contributed by atoms with Crippen molar-refractivity contribution in [3.8, 4) is 11.5 Å². The minimum Gasteiger partial charge on any atom is -0.485 e. The van der Waals surface area contributed by atoms with E-state index >= 15 is 0 Å². The molecule has 2 fully saturated rings. The number of aliphatic carboxylic acids is 1. The van der Waals surface area contributed by atoms with E-state index in [2.05, 4.69) is 0 Å². The minimum atomic E-state index is -0.808. The van der Waals surface area contributed by atoms with E-state index < -0.39 is 11.9 Å². The summed E-state index contributed by atoms with van der Waals surface area (Å²) >= 11 is 0. The number of rotatable bonds is 8. The van der Waals surface area contributed by atoms with E-state index in [0.29, 0.717) is 30.6 Å². The quantitative estimate of drug-likeness (QED) is 0.743. The number of carboxylic acid groups (broad SMARTS) is 1. The number of carboxylic acids is 1. The van der Waals surface area contributed by atoms with Gasteiger partial charge in [0.05, 0.1) is 5.92 Å². The molecule has 0 unspecified atom stereocenters. The maximum absolute atomic E-state index is 12.6. The zero-order chi connectivity index (χ0) is 20.2. The highest BCUT2D eigenvalue weighted by molar-refractivity contribution is 5.80. The third kappa shape index (κ3) is 4.70.